The first kappa shape index (κ1) is 15.0. The molecule has 4 heteroatoms. The van der Waals surface area contributed by atoms with Gasteiger partial charge in [-0.3, -0.25) is 0 Å². The molecule has 0 fully saturated rings. The van der Waals surface area contributed by atoms with Gasteiger partial charge in [0, 0.05) is 17.7 Å². The van der Waals surface area contributed by atoms with Gasteiger partial charge < -0.3 is 9.84 Å². The van der Waals surface area contributed by atoms with E-state index in [4.69, 9.17) is 4.74 Å². The van der Waals surface area contributed by atoms with Crippen molar-refractivity contribution in [1.29, 1.82) is 0 Å². The number of aromatic hydroxyl groups is 1. The van der Waals surface area contributed by atoms with Crippen molar-refractivity contribution in [2.45, 2.75) is 26.7 Å². The minimum Gasteiger partial charge on any atom is -0.505 e. The molecule has 0 amide bonds. The van der Waals surface area contributed by atoms with Crippen LogP contribution in [0.1, 0.15) is 41.2 Å². The monoisotopic (exact) mass is 285 g/mol. The first-order chi connectivity index (χ1) is 10.2. The minimum atomic E-state index is -0.584. The summed E-state index contributed by atoms with van der Waals surface area (Å²) in [5, 5.41) is 10.3. The second-order valence-corrected chi connectivity index (χ2v) is 4.71. The molecular weight excluding hydrogens is 266 g/mol. The van der Waals surface area contributed by atoms with Crippen molar-refractivity contribution in [3.8, 4) is 5.75 Å². The van der Waals surface area contributed by atoms with Gasteiger partial charge in [-0.05, 0) is 25.0 Å². The summed E-state index contributed by atoms with van der Waals surface area (Å²) in [7, 11) is 0. The average Bonchev–Trinajstić information content (AvgIpc) is 2.50. The predicted octanol–water partition coefficient (Wildman–Crippen LogP) is 3.12. The number of hydrogen-bond acceptors (Lipinski definition) is 4. The third-order valence-corrected chi connectivity index (χ3v) is 3.19. The van der Waals surface area contributed by atoms with Gasteiger partial charge in [0.15, 0.2) is 11.4 Å². The number of nitrogens with zero attached hydrogens (tertiary/aromatic N) is 1. The molecule has 2 aromatic rings. The number of hydrogen-bond donors (Lipinski definition) is 1. The summed E-state index contributed by atoms with van der Waals surface area (Å²) in [5.74, 6) is -0.672. The van der Waals surface area contributed by atoms with Crippen LogP contribution in [0.4, 0.5) is 0 Å². The van der Waals surface area contributed by atoms with E-state index in [0.717, 1.165) is 11.3 Å². The van der Waals surface area contributed by atoms with Crippen molar-refractivity contribution in [2.24, 2.45) is 0 Å². The molecule has 0 spiro atoms. The zero-order chi connectivity index (χ0) is 15.2. The van der Waals surface area contributed by atoms with E-state index in [2.05, 4.69) is 4.98 Å². The second-order valence-electron chi connectivity index (χ2n) is 4.71. The van der Waals surface area contributed by atoms with E-state index in [0.29, 0.717) is 18.4 Å². The molecule has 0 unspecified atom stereocenters. The topological polar surface area (TPSA) is 59.4 Å². The molecular formula is C17H19NO3. The van der Waals surface area contributed by atoms with Crippen LogP contribution in [0, 0.1) is 0 Å². The standard InChI is InChI=1S/C17H19NO3/c1-3-14-11-13(10-12-8-6-5-7-9-12)16(19)15(18-14)17(20)21-4-2/h5-9,11,19H,3-4,10H2,1-2H3. The van der Waals surface area contributed by atoms with Crippen LogP contribution >= 0.6 is 0 Å². The lowest BCUT2D eigenvalue weighted by molar-refractivity contribution is 0.0515. The molecule has 1 N–H and O–H groups in total. The Hall–Kier alpha value is -2.36. The number of carbonyl (C=O) groups is 1. The Morgan fingerprint density at radius 3 is 2.57 bits per heavy atom. The first-order valence-corrected chi connectivity index (χ1v) is 7.08. The van der Waals surface area contributed by atoms with Crippen LogP contribution in [0.25, 0.3) is 0 Å². The molecule has 0 aliphatic rings. The number of carbonyl (C=O) groups excluding carboxylic acids is 1. The van der Waals surface area contributed by atoms with Gasteiger partial charge in [0.2, 0.25) is 0 Å². The van der Waals surface area contributed by atoms with Gasteiger partial charge in [-0.25, -0.2) is 9.78 Å². The maximum atomic E-state index is 11.9. The van der Waals surface area contributed by atoms with E-state index in [9.17, 15) is 9.90 Å². The Bertz CT molecular complexity index is 623. The molecule has 1 heterocycles. The summed E-state index contributed by atoms with van der Waals surface area (Å²) < 4.78 is 4.95. The van der Waals surface area contributed by atoms with Gasteiger partial charge in [-0.15, -0.1) is 0 Å². The van der Waals surface area contributed by atoms with Gasteiger partial charge in [-0.2, -0.15) is 0 Å². The van der Waals surface area contributed by atoms with Gasteiger partial charge in [0.25, 0.3) is 0 Å². The third kappa shape index (κ3) is 3.60. The molecule has 2 rings (SSSR count). The smallest absolute Gasteiger partial charge is 0.360 e. The van der Waals surface area contributed by atoms with Crippen LogP contribution in [-0.2, 0) is 17.6 Å². The highest BCUT2D eigenvalue weighted by atomic mass is 16.5. The maximum Gasteiger partial charge on any atom is 0.360 e. The van der Waals surface area contributed by atoms with E-state index < -0.39 is 5.97 Å². The fourth-order valence-electron chi connectivity index (χ4n) is 2.12. The lowest BCUT2D eigenvalue weighted by atomic mass is 10.0. The normalized spacial score (nSPS) is 10.4. The van der Waals surface area contributed by atoms with Gasteiger partial charge in [0.1, 0.15) is 0 Å². The fourth-order valence-corrected chi connectivity index (χ4v) is 2.12. The fraction of sp³-hybridized carbons (Fsp3) is 0.294. The lowest BCUT2D eigenvalue weighted by Gasteiger charge is -2.11. The summed E-state index contributed by atoms with van der Waals surface area (Å²) in [6.07, 6.45) is 1.24. The number of aromatic nitrogens is 1. The Morgan fingerprint density at radius 2 is 1.95 bits per heavy atom. The van der Waals surface area contributed by atoms with E-state index in [-0.39, 0.29) is 18.1 Å². The molecule has 0 aliphatic heterocycles. The number of aryl methyl sites for hydroxylation is 1. The molecule has 4 nitrogen and oxygen atoms in total. The Balaban J connectivity index is 2.40. The summed E-state index contributed by atoms with van der Waals surface area (Å²) in [4.78, 5) is 16.1. The molecule has 21 heavy (non-hydrogen) atoms. The zero-order valence-electron chi connectivity index (χ0n) is 12.3. The number of benzene rings is 1. The van der Waals surface area contributed by atoms with Crippen LogP contribution in [-0.4, -0.2) is 22.7 Å². The molecule has 0 saturated carbocycles. The average molecular weight is 285 g/mol. The third-order valence-electron chi connectivity index (χ3n) is 3.19. The molecule has 0 radical (unpaired) electrons. The van der Waals surface area contributed by atoms with E-state index in [1.165, 1.54) is 0 Å². The van der Waals surface area contributed by atoms with Crippen molar-refractivity contribution in [3.05, 3.63) is 58.9 Å². The Labute approximate surface area is 124 Å². The van der Waals surface area contributed by atoms with Gasteiger partial charge >= 0.3 is 5.97 Å². The van der Waals surface area contributed by atoms with Gasteiger partial charge in [0.05, 0.1) is 6.61 Å². The molecule has 1 aromatic carbocycles. The van der Waals surface area contributed by atoms with Crippen molar-refractivity contribution >= 4 is 5.97 Å². The molecule has 110 valence electrons. The number of ether oxygens (including phenoxy) is 1. The molecule has 0 bridgehead atoms. The van der Waals surface area contributed by atoms with Crippen molar-refractivity contribution in [3.63, 3.8) is 0 Å². The first-order valence-electron chi connectivity index (χ1n) is 7.08. The highest BCUT2D eigenvalue weighted by molar-refractivity contribution is 5.90. The summed E-state index contributed by atoms with van der Waals surface area (Å²) in [6.45, 7) is 3.94. The van der Waals surface area contributed by atoms with Crippen molar-refractivity contribution < 1.29 is 14.6 Å². The Kier molecular flexibility index (Phi) is 4.93. The summed E-state index contributed by atoms with van der Waals surface area (Å²) in [6, 6.07) is 11.6. The maximum absolute atomic E-state index is 11.9. The lowest BCUT2D eigenvalue weighted by Crippen LogP contribution is -2.10. The zero-order valence-corrected chi connectivity index (χ0v) is 12.3. The van der Waals surface area contributed by atoms with Crippen molar-refractivity contribution in [2.75, 3.05) is 6.61 Å². The Morgan fingerprint density at radius 1 is 1.24 bits per heavy atom. The summed E-state index contributed by atoms with van der Waals surface area (Å²) in [5.41, 5.74) is 2.52. The highest BCUT2D eigenvalue weighted by Gasteiger charge is 2.19. The van der Waals surface area contributed by atoms with Crippen LogP contribution in [0.5, 0.6) is 5.75 Å². The minimum absolute atomic E-state index is 0.00197. The molecule has 0 saturated heterocycles. The van der Waals surface area contributed by atoms with Crippen LogP contribution < -0.4 is 0 Å². The van der Waals surface area contributed by atoms with E-state index in [1.54, 1.807) is 6.92 Å². The second kappa shape index (κ2) is 6.88. The molecule has 1 aromatic heterocycles. The number of pyridine rings is 1. The number of rotatable bonds is 5. The highest BCUT2D eigenvalue weighted by Crippen LogP contribution is 2.25. The van der Waals surface area contributed by atoms with Crippen LogP contribution in [0.15, 0.2) is 36.4 Å². The van der Waals surface area contributed by atoms with Crippen LogP contribution in [0.3, 0.4) is 0 Å². The van der Waals surface area contributed by atoms with E-state index in [1.807, 2.05) is 43.3 Å². The SMILES string of the molecule is CCOC(=O)c1nc(CC)cc(Cc2ccccc2)c1O. The predicted molar refractivity (Wildman–Crippen MR) is 80.5 cm³/mol. The molecule has 0 atom stereocenters. The quantitative estimate of drug-likeness (QED) is 0.857. The van der Waals surface area contributed by atoms with Crippen LogP contribution in [0.2, 0.25) is 0 Å². The number of esters is 1. The van der Waals surface area contributed by atoms with Gasteiger partial charge in [-0.1, -0.05) is 37.3 Å². The summed E-state index contributed by atoms with van der Waals surface area (Å²) >= 11 is 0. The largest absolute Gasteiger partial charge is 0.505 e. The van der Waals surface area contributed by atoms with Crippen molar-refractivity contribution in [1.82, 2.24) is 4.98 Å². The van der Waals surface area contributed by atoms with E-state index >= 15 is 0 Å². The molecule has 0 aliphatic carbocycles.